The molecule has 87 heavy (non-hydrogen) atoms. The van der Waals surface area contributed by atoms with Crippen LogP contribution in [0.4, 0.5) is 20.6 Å². The molecule has 0 bridgehead atoms. The third-order valence-corrected chi connectivity index (χ3v) is 15.0. The lowest BCUT2D eigenvalue weighted by molar-refractivity contribution is -0.223. The molecule has 5 aromatic rings. The second kappa shape index (κ2) is 33.7. The number of anilines is 2. The molecular formula is C62H85FN13O11+. The van der Waals surface area contributed by atoms with Gasteiger partial charge in [-0.05, 0) is 124 Å². The Morgan fingerprint density at radius 1 is 0.862 bits per heavy atom. The number of rotatable bonds is 36. The summed E-state index contributed by atoms with van der Waals surface area (Å²) in [4.78, 5) is 94.4. The number of nitrogens with zero attached hydrogens (tertiary/aromatic N) is 7. The van der Waals surface area contributed by atoms with Crippen LogP contribution in [0.1, 0.15) is 87.3 Å². The second-order valence-electron chi connectivity index (χ2n) is 22.3. The second-order valence-corrected chi connectivity index (χ2v) is 22.3. The molecule has 470 valence electrons. The lowest BCUT2D eigenvalue weighted by Crippen LogP contribution is -2.54. The normalized spacial score (nSPS) is 14.8. The van der Waals surface area contributed by atoms with E-state index >= 15 is 4.39 Å². The maximum absolute atomic E-state index is 16.1. The highest BCUT2D eigenvalue weighted by Gasteiger charge is 2.32. The van der Waals surface area contributed by atoms with Gasteiger partial charge in [0.05, 0.1) is 63.6 Å². The van der Waals surface area contributed by atoms with E-state index in [1.54, 1.807) is 51.2 Å². The summed E-state index contributed by atoms with van der Waals surface area (Å²) in [7, 11) is 1.58. The van der Waals surface area contributed by atoms with Crippen LogP contribution in [0.3, 0.4) is 0 Å². The Morgan fingerprint density at radius 2 is 1.61 bits per heavy atom. The molecule has 1 saturated heterocycles. The van der Waals surface area contributed by atoms with E-state index in [4.69, 9.17) is 34.9 Å². The fourth-order valence-electron chi connectivity index (χ4n) is 10.1. The minimum absolute atomic E-state index is 0.0154. The van der Waals surface area contributed by atoms with Crippen molar-refractivity contribution in [1.29, 1.82) is 0 Å². The van der Waals surface area contributed by atoms with Crippen LogP contribution >= 0.6 is 0 Å². The van der Waals surface area contributed by atoms with Gasteiger partial charge in [0.25, 0.3) is 5.91 Å². The number of pyridine rings is 3. The fourth-order valence-corrected chi connectivity index (χ4v) is 10.1. The highest BCUT2D eigenvalue weighted by molar-refractivity contribution is 5.98. The average Bonchev–Trinajstić information content (AvgIpc) is 1.95. The summed E-state index contributed by atoms with van der Waals surface area (Å²) < 4.78 is 46.1. The molecule has 3 atom stereocenters. The summed E-state index contributed by atoms with van der Waals surface area (Å²) in [6.45, 7) is 12.2. The number of benzene rings is 2. The van der Waals surface area contributed by atoms with Crippen molar-refractivity contribution in [1.82, 2.24) is 40.3 Å². The molecular weight excluding hydrogens is 1120 g/mol. The summed E-state index contributed by atoms with van der Waals surface area (Å²) in [5.74, 6) is -2.66. The molecule has 0 spiro atoms. The molecule has 2 aliphatic rings. The van der Waals surface area contributed by atoms with Gasteiger partial charge in [-0.3, -0.25) is 38.8 Å². The number of hydrogen-bond donors (Lipinski definition) is 6. The largest absolute Gasteiger partial charge is 0.489 e. The Morgan fingerprint density at radius 3 is 2.30 bits per heavy atom. The van der Waals surface area contributed by atoms with Gasteiger partial charge in [0, 0.05) is 105 Å². The van der Waals surface area contributed by atoms with E-state index < -0.39 is 41.7 Å². The van der Waals surface area contributed by atoms with Crippen molar-refractivity contribution in [3.05, 3.63) is 118 Å². The number of piperidine rings is 1. The van der Waals surface area contributed by atoms with Crippen molar-refractivity contribution in [3.63, 3.8) is 0 Å². The Bertz CT molecular complexity index is 3150. The van der Waals surface area contributed by atoms with Gasteiger partial charge in [-0.2, -0.15) is 5.53 Å². The first-order chi connectivity index (χ1) is 42.0. The van der Waals surface area contributed by atoms with E-state index in [2.05, 4.69) is 62.8 Å². The molecule has 8 N–H and O–H groups in total. The molecule has 1 saturated carbocycles. The molecule has 6 amide bonds. The van der Waals surface area contributed by atoms with Crippen LogP contribution in [0.25, 0.3) is 10.9 Å². The zero-order valence-corrected chi connectivity index (χ0v) is 50.6. The Balaban J connectivity index is 0.899. The van der Waals surface area contributed by atoms with Crippen molar-refractivity contribution < 1.29 is 57.6 Å². The lowest BCUT2D eigenvalue weighted by Gasteiger charge is -2.40. The number of likely N-dealkylation sites (N-methyl/N-ethyl adjacent to an activating group) is 1. The van der Waals surface area contributed by atoms with E-state index in [1.165, 1.54) is 11.0 Å². The van der Waals surface area contributed by atoms with Crippen molar-refractivity contribution in [2.24, 2.45) is 16.8 Å². The quantitative estimate of drug-likeness (QED) is 0.0243. The van der Waals surface area contributed by atoms with Crippen LogP contribution < -0.4 is 52.3 Å². The standard InChI is InChI=1S/C62H84FN13O11/c1-41(2)58(72-56(77)19-25-83-28-30-85-31-29-84-26-22-69-65)61(81)71-53(9-6-20-67-62(64)82)60(80)70-46-11-16-50(17-12-46)87-40-57(78)73(5)24-27-86-55-34-54-51(33-52(55)63)59(79)45(38-76(54)47-14-15-47)37-75(36-44-18-21-66-43(4)32-44)49-8-7-23-74(39-49)48-13-10-42(3)68-35-48/h10-13,16-18,21,32-35,38,41,47,49,53,58,65H,6-9,14-15,19-20,22-31,36-37,39-40H2,1-5H3,(H,70,80)(H,71,81)(H,72,77)(H3,64,67,82)/p+1/t49-,53-,58-/m0/s1. The molecule has 1 aliphatic heterocycles. The van der Waals surface area contributed by atoms with Crippen LogP contribution in [0.2, 0.25) is 0 Å². The summed E-state index contributed by atoms with van der Waals surface area (Å²) in [6.07, 6.45) is 9.86. The maximum Gasteiger partial charge on any atom is 0.312 e. The number of nitrogens with two attached hydrogens (primary N) is 2. The molecule has 4 heterocycles. The number of urea groups is 1. The Hall–Kier alpha value is -8.13. The van der Waals surface area contributed by atoms with Crippen LogP contribution in [0.5, 0.6) is 11.5 Å². The molecule has 24 nitrogen and oxygen atoms in total. The van der Waals surface area contributed by atoms with Crippen molar-refractivity contribution in [2.75, 3.05) is 103 Å². The minimum atomic E-state index is -1.07. The third kappa shape index (κ3) is 21.1. The number of amides is 6. The Kier molecular flexibility index (Phi) is 25.7. The first-order valence-electron chi connectivity index (χ1n) is 29.8. The molecule has 25 heteroatoms. The number of primary amides is 1. The molecule has 0 unspecified atom stereocenters. The van der Waals surface area contributed by atoms with Gasteiger partial charge in [-0.1, -0.05) is 13.8 Å². The zero-order valence-electron chi connectivity index (χ0n) is 50.6. The highest BCUT2D eigenvalue weighted by Crippen LogP contribution is 2.38. The van der Waals surface area contributed by atoms with Gasteiger partial charge in [0.15, 0.2) is 23.6 Å². The maximum atomic E-state index is 16.1. The minimum Gasteiger partial charge on any atom is -0.489 e. The molecule has 2 fully saturated rings. The zero-order chi connectivity index (χ0) is 62.2. The van der Waals surface area contributed by atoms with Gasteiger partial charge in [-0.15, -0.1) is 0 Å². The number of carbonyl (C=O) groups is 5. The molecule has 1 aliphatic carbocycles. The fraction of sp³-hybridized carbons (Fsp3) is 0.516. The number of aryl methyl sites for hydroxylation is 2. The number of carbonyl (C=O) groups excluding carboxylic acids is 5. The van der Waals surface area contributed by atoms with Crippen LogP contribution in [-0.4, -0.2) is 165 Å². The molecule has 7 rings (SSSR count). The topological polar surface area (TPSA) is 301 Å². The first-order valence-corrected chi connectivity index (χ1v) is 29.8. The number of fused-ring (bicyclic) bond motifs is 1. The molecule has 0 radical (unpaired) electrons. The van der Waals surface area contributed by atoms with E-state index in [1.807, 2.05) is 44.6 Å². The van der Waals surface area contributed by atoms with E-state index in [-0.39, 0.29) is 99.3 Å². The molecule has 3 aromatic heterocycles. The van der Waals surface area contributed by atoms with Gasteiger partial charge in [-0.25, -0.2) is 9.18 Å². The van der Waals surface area contributed by atoms with Crippen molar-refractivity contribution in [2.45, 2.75) is 110 Å². The van der Waals surface area contributed by atoms with Crippen molar-refractivity contribution in [3.8, 4) is 11.5 Å². The number of nitrogens with one attached hydrogen (secondary N) is 4. The third-order valence-electron chi connectivity index (χ3n) is 15.0. The number of ether oxygens (including phenoxy) is 5. The highest BCUT2D eigenvalue weighted by atomic mass is 19.1. The van der Waals surface area contributed by atoms with Crippen LogP contribution in [0, 0.1) is 25.6 Å². The smallest absolute Gasteiger partial charge is 0.312 e. The number of aromatic nitrogens is 3. The predicted octanol–water partition coefficient (Wildman–Crippen LogP) is 4.13. The predicted molar refractivity (Wildman–Crippen MR) is 324 cm³/mol. The number of hydrogen-bond acceptors (Lipinski definition) is 16. The molecule has 2 aromatic carbocycles. The summed E-state index contributed by atoms with van der Waals surface area (Å²) in [5.41, 5.74) is 15.7. The Labute approximate surface area is 506 Å². The SMILES string of the molecule is Cc1ccc(N2CCC[C@H](N(Cc3ccnc(C)c3)Cc3cn(C4CC4)c4cc(OCCN(C)C(=O)COc5ccc(NC(=O)[C@H](CCCNC(N)=O)NC(=O)[C@@H](NC(=O)CCOCCOCCOCCN=[NH2+])C(C)C)cc5)c(F)cc4c3=O)C2)cn1. The van der Waals surface area contributed by atoms with E-state index in [0.717, 1.165) is 61.4 Å². The summed E-state index contributed by atoms with van der Waals surface area (Å²) in [5, 5.41) is 14.5. The van der Waals surface area contributed by atoms with Crippen molar-refractivity contribution >= 4 is 51.9 Å². The summed E-state index contributed by atoms with van der Waals surface area (Å²) >= 11 is 0. The van der Waals surface area contributed by atoms with E-state index in [9.17, 15) is 28.8 Å². The van der Waals surface area contributed by atoms with E-state index in [0.29, 0.717) is 68.6 Å². The monoisotopic (exact) mass is 1210 g/mol. The summed E-state index contributed by atoms with van der Waals surface area (Å²) in [6, 6.07) is 14.9. The van der Waals surface area contributed by atoms with Crippen LogP contribution in [-0.2, 0) is 46.5 Å². The van der Waals surface area contributed by atoms with Gasteiger partial charge >= 0.3 is 6.03 Å². The van der Waals surface area contributed by atoms with Gasteiger partial charge in [0.1, 0.15) is 31.0 Å². The van der Waals surface area contributed by atoms with Crippen LogP contribution in [0.15, 0.2) is 89.2 Å². The number of halogens is 1. The lowest BCUT2D eigenvalue weighted by atomic mass is 10.0. The average molecular weight is 1210 g/mol. The van der Waals surface area contributed by atoms with Gasteiger partial charge < -0.3 is 65.1 Å². The first kappa shape index (κ1) is 66.4. The van der Waals surface area contributed by atoms with Gasteiger partial charge in [0.2, 0.25) is 17.7 Å².